The first kappa shape index (κ1) is 19.7. The van der Waals surface area contributed by atoms with E-state index in [0.29, 0.717) is 6.54 Å². The number of rotatable bonds is 10. The van der Waals surface area contributed by atoms with E-state index in [0.717, 1.165) is 25.8 Å². The van der Waals surface area contributed by atoms with Crippen molar-refractivity contribution in [2.24, 2.45) is 0 Å². The Morgan fingerprint density at radius 2 is 1.91 bits per heavy atom. The number of unbranched alkanes of at least 4 members (excludes halogenated alkanes) is 2. The Balaban J connectivity index is 2.27. The van der Waals surface area contributed by atoms with Crippen molar-refractivity contribution in [1.29, 1.82) is 0 Å². The second-order valence-corrected chi connectivity index (χ2v) is 5.59. The lowest BCUT2D eigenvalue weighted by molar-refractivity contribution is -0.298. The normalized spacial score (nSPS) is 33.8. The molecule has 1 unspecified atom stereocenters. The van der Waals surface area contributed by atoms with Crippen LogP contribution in [0.2, 0.25) is 0 Å². The first-order chi connectivity index (χ1) is 10.5. The molecule has 8 heteroatoms. The van der Waals surface area contributed by atoms with Gasteiger partial charge in [-0.25, -0.2) is 0 Å². The molecule has 0 amide bonds. The number of nitrogens with one attached hydrogen (secondary N) is 1. The van der Waals surface area contributed by atoms with Crippen LogP contribution < -0.4 is 5.32 Å². The maximum atomic E-state index is 9.87. The molecule has 6 atom stereocenters. The van der Waals surface area contributed by atoms with Crippen molar-refractivity contribution in [3.8, 4) is 0 Å². The van der Waals surface area contributed by atoms with Gasteiger partial charge in [0, 0.05) is 6.54 Å². The van der Waals surface area contributed by atoms with Crippen LogP contribution in [0.25, 0.3) is 0 Å². The predicted octanol–water partition coefficient (Wildman–Crippen LogP) is -2.06. The van der Waals surface area contributed by atoms with Crippen molar-refractivity contribution < 1.29 is 35.0 Å². The van der Waals surface area contributed by atoms with Crippen LogP contribution in [0.15, 0.2) is 0 Å². The van der Waals surface area contributed by atoms with Crippen LogP contribution in [0.5, 0.6) is 0 Å². The second-order valence-electron chi connectivity index (χ2n) is 5.59. The summed E-state index contributed by atoms with van der Waals surface area (Å²) in [4.78, 5) is 0. The highest BCUT2D eigenvalue weighted by molar-refractivity contribution is 4.89. The average molecular weight is 323 g/mol. The molecule has 1 fully saturated rings. The third-order valence-corrected chi connectivity index (χ3v) is 3.66. The zero-order valence-corrected chi connectivity index (χ0v) is 13.0. The molecule has 0 aromatic heterocycles. The van der Waals surface area contributed by atoms with E-state index in [-0.39, 0.29) is 6.61 Å². The summed E-state index contributed by atoms with van der Waals surface area (Å²) in [7, 11) is 0. The molecule has 0 spiro atoms. The molecular weight excluding hydrogens is 294 g/mol. The summed E-state index contributed by atoms with van der Waals surface area (Å²) in [5, 5.41) is 51.1. The molecular formula is C14H29NO7. The van der Waals surface area contributed by atoms with Gasteiger partial charge < -0.3 is 40.3 Å². The highest BCUT2D eigenvalue weighted by Gasteiger charge is 2.44. The highest BCUT2D eigenvalue weighted by atomic mass is 16.7. The fourth-order valence-electron chi connectivity index (χ4n) is 2.30. The molecule has 0 radical (unpaired) electrons. The van der Waals surface area contributed by atoms with Crippen LogP contribution in [0.4, 0.5) is 0 Å². The van der Waals surface area contributed by atoms with Gasteiger partial charge >= 0.3 is 0 Å². The van der Waals surface area contributed by atoms with Gasteiger partial charge in [-0.15, -0.1) is 0 Å². The Morgan fingerprint density at radius 3 is 2.55 bits per heavy atom. The molecule has 1 aliphatic heterocycles. The van der Waals surface area contributed by atoms with Gasteiger partial charge in [0.05, 0.1) is 19.3 Å². The van der Waals surface area contributed by atoms with Crippen LogP contribution >= 0.6 is 0 Å². The monoisotopic (exact) mass is 323 g/mol. The minimum atomic E-state index is -1.47. The molecule has 0 bridgehead atoms. The molecule has 132 valence electrons. The summed E-state index contributed by atoms with van der Waals surface area (Å²) in [5.74, 6) is 0. The SMILES string of the molecule is CCCCCNCC(O)CO[C@H]1[C@@H](O)[C@H](O)[C@@H](CO)O[C@H]1O. The third-order valence-electron chi connectivity index (χ3n) is 3.66. The number of aliphatic hydroxyl groups excluding tert-OH is 5. The van der Waals surface area contributed by atoms with Crippen molar-refractivity contribution in [3.63, 3.8) is 0 Å². The van der Waals surface area contributed by atoms with E-state index in [4.69, 9.17) is 14.6 Å². The van der Waals surface area contributed by atoms with Crippen LogP contribution in [0, 0.1) is 0 Å². The summed E-state index contributed by atoms with van der Waals surface area (Å²) in [6.07, 6.45) is -3.97. The van der Waals surface area contributed by atoms with E-state index in [1.807, 2.05) is 0 Å². The Labute approximate surface area is 130 Å². The summed E-state index contributed by atoms with van der Waals surface area (Å²) < 4.78 is 10.2. The van der Waals surface area contributed by atoms with Gasteiger partial charge in [0.2, 0.25) is 0 Å². The Kier molecular flexibility index (Phi) is 9.37. The zero-order valence-electron chi connectivity index (χ0n) is 13.0. The minimum absolute atomic E-state index is 0.112. The lowest BCUT2D eigenvalue weighted by Crippen LogP contribution is -2.59. The van der Waals surface area contributed by atoms with Gasteiger partial charge in [-0.05, 0) is 13.0 Å². The summed E-state index contributed by atoms with van der Waals surface area (Å²) in [5.41, 5.74) is 0. The van der Waals surface area contributed by atoms with E-state index in [1.54, 1.807) is 0 Å². The summed E-state index contributed by atoms with van der Waals surface area (Å²) in [6.45, 7) is 2.62. The third kappa shape index (κ3) is 6.05. The summed E-state index contributed by atoms with van der Waals surface area (Å²) in [6, 6.07) is 0. The Morgan fingerprint density at radius 1 is 1.18 bits per heavy atom. The van der Waals surface area contributed by atoms with Gasteiger partial charge in [-0.3, -0.25) is 0 Å². The van der Waals surface area contributed by atoms with Crippen LogP contribution in [0.3, 0.4) is 0 Å². The Hall–Kier alpha value is -0.320. The van der Waals surface area contributed by atoms with E-state index in [1.165, 1.54) is 0 Å². The molecule has 1 aliphatic rings. The average Bonchev–Trinajstić information content (AvgIpc) is 2.50. The molecule has 1 saturated heterocycles. The van der Waals surface area contributed by atoms with E-state index < -0.39 is 43.4 Å². The molecule has 0 aromatic rings. The van der Waals surface area contributed by atoms with E-state index in [2.05, 4.69) is 12.2 Å². The van der Waals surface area contributed by atoms with Gasteiger partial charge in [0.1, 0.15) is 24.4 Å². The van der Waals surface area contributed by atoms with Crippen molar-refractivity contribution in [1.82, 2.24) is 5.32 Å². The number of hydrogen-bond acceptors (Lipinski definition) is 8. The fraction of sp³-hybridized carbons (Fsp3) is 1.00. The minimum Gasteiger partial charge on any atom is -0.394 e. The largest absolute Gasteiger partial charge is 0.394 e. The van der Waals surface area contributed by atoms with Gasteiger partial charge in [-0.1, -0.05) is 19.8 Å². The Bertz CT molecular complexity index is 294. The van der Waals surface area contributed by atoms with Crippen molar-refractivity contribution >= 4 is 0 Å². The topological polar surface area (TPSA) is 132 Å². The molecule has 1 rings (SSSR count). The first-order valence-corrected chi connectivity index (χ1v) is 7.82. The van der Waals surface area contributed by atoms with Gasteiger partial charge in [0.25, 0.3) is 0 Å². The molecule has 6 N–H and O–H groups in total. The predicted molar refractivity (Wildman–Crippen MR) is 78.1 cm³/mol. The number of aliphatic hydroxyl groups is 5. The van der Waals surface area contributed by atoms with Crippen molar-refractivity contribution in [2.75, 3.05) is 26.3 Å². The molecule has 1 heterocycles. The number of hydrogen-bond donors (Lipinski definition) is 6. The van der Waals surface area contributed by atoms with E-state index in [9.17, 15) is 20.4 Å². The quantitative estimate of drug-likeness (QED) is 0.253. The lowest BCUT2D eigenvalue weighted by Gasteiger charge is -2.40. The van der Waals surface area contributed by atoms with E-state index >= 15 is 0 Å². The van der Waals surface area contributed by atoms with Crippen LogP contribution in [-0.2, 0) is 9.47 Å². The molecule has 0 aliphatic carbocycles. The lowest BCUT2D eigenvalue weighted by atomic mass is 9.99. The molecule has 8 nitrogen and oxygen atoms in total. The molecule has 0 aromatic carbocycles. The molecule has 0 saturated carbocycles. The zero-order chi connectivity index (χ0) is 16.5. The van der Waals surface area contributed by atoms with Crippen LogP contribution in [0.1, 0.15) is 26.2 Å². The second kappa shape index (κ2) is 10.5. The standard InChI is InChI=1S/C14H29NO7/c1-2-3-4-5-15-6-9(17)8-21-13-12(19)11(18)10(7-16)22-14(13)20/h9-20H,2-8H2,1H3/t9?,10-,11-,12+,13+,14-/m1/s1. The summed E-state index contributed by atoms with van der Waals surface area (Å²) >= 11 is 0. The molecule has 22 heavy (non-hydrogen) atoms. The smallest absolute Gasteiger partial charge is 0.184 e. The first-order valence-electron chi connectivity index (χ1n) is 7.82. The van der Waals surface area contributed by atoms with Crippen LogP contribution in [-0.4, -0.2) is 88.6 Å². The maximum Gasteiger partial charge on any atom is 0.184 e. The van der Waals surface area contributed by atoms with Crippen molar-refractivity contribution in [2.45, 2.75) is 63.0 Å². The van der Waals surface area contributed by atoms with Crippen molar-refractivity contribution in [3.05, 3.63) is 0 Å². The fourth-order valence-corrected chi connectivity index (χ4v) is 2.30. The highest BCUT2D eigenvalue weighted by Crippen LogP contribution is 2.22. The van der Waals surface area contributed by atoms with Gasteiger partial charge in [-0.2, -0.15) is 0 Å². The van der Waals surface area contributed by atoms with Gasteiger partial charge in [0.15, 0.2) is 6.29 Å². The number of ether oxygens (including phenoxy) is 2. The maximum absolute atomic E-state index is 9.87.